The summed E-state index contributed by atoms with van der Waals surface area (Å²) in [5.74, 6) is 1.95. The maximum Gasteiger partial charge on any atom is 0.255 e. The molecule has 1 aliphatic heterocycles. The van der Waals surface area contributed by atoms with Gasteiger partial charge in [-0.1, -0.05) is 40.2 Å². The van der Waals surface area contributed by atoms with Crippen molar-refractivity contribution in [1.82, 2.24) is 9.78 Å². The highest BCUT2D eigenvalue weighted by molar-refractivity contribution is 9.10. The summed E-state index contributed by atoms with van der Waals surface area (Å²) in [5, 5.41) is 11.3. The first-order valence-corrected chi connectivity index (χ1v) is 12.2. The standard InChI is InChI=1S/C28H25BrN4O3/c1-17-26(28(34)31-22-6-4-5-7-24(22)36-3)27(19-8-12-20(29)13-9-19)33-25(30-17)16-23(32-33)18-10-14-21(35-2)15-11-18/h4-16,27,30H,1-3H3,(H,31,34). The number of amides is 1. The molecule has 8 heteroatoms. The van der Waals surface area contributed by atoms with Gasteiger partial charge in [0.25, 0.3) is 5.91 Å². The smallest absolute Gasteiger partial charge is 0.255 e. The number of nitrogens with one attached hydrogen (secondary N) is 2. The van der Waals surface area contributed by atoms with Crippen LogP contribution in [-0.2, 0) is 4.79 Å². The number of ether oxygens (including phenoxy) is 2. The first-order valence-electron chi connectivity index (χ1n) is 11.4. The Hall–Kier alpha value is -4.04. The number of benzene rings is 3. The summed E-state index contributed by atoms with van der Waals surface area (Å²) >= 11 is 3.51. The number of anilines is 2. The van der Waals surface area contributed by atoms with Crippen LogP contribution in [0.1, 0.15) is 18.5 Å². The van der Waals surface area contributed by atoms with Gasteiger partial charge in [-0.05, 0) is 61.0 Å². The van der Waals surface area contributed by atoms with E-state index in [9.17, 15) is 4.79 Å². The maximum atomic E-state index is 13.7. The van der Waals surface area contributed by atoms with E-state index in [-0.39, 0.29) is 5.91 Å². The number of carbonyl (C=O) groups excluding carboxylic acids is 1. The van der Waals surface area contributed by atoms with Crippen LogP contribution in [0.2, 0.25) is 0 Å². The van der Waals surface area contributed by atoms with Crippen LogP contribution >= 0.6 is 15.9 Å². The predicted octanol–water partition coefficient (Wildman–Crippen LogP) is 6.26. The third-order valence-electron chi connectivity index (χ3n) is 6.14. The number of allylic oxidation sites excluding steroid dienone is 1. The highest BCUT2D eigenvalue weighted by atomic mass is 79.9. The highest BCUT2D eigenvalue weighted by Gasteiger charge is 2.34. The molecule has 182 valence electrons. The molecule has 1 unspecified atom stereocenters. The number of carbonyl (C=O) groups is 1. The molecule has 4 aromatic rings. The summed E-state index contributed by atoms with van der Waals surface area (Å²) in [4.78, 5) is 13.7. The number of hydrogen-bond donors (Lipinski definition) is 2. The minimum absolute atomic E-state index is 0.232. The van der Waals surface area contributed by atoms with Gasteiger partial charge in [-0.2, -0.15) is 5.10 Å². The Balaban J connectivity index is 1.58. The quantitative estimate of drug-likeness (QED) is 0.299. The second kappa shape index (κ2) is 9.91. The summed E-state index contributed by atoms with van der Waals surface area (Å²) in [5.41, 5.74) is 4.61. The molecule has 7 nitrogen and oxygen atoms in total. The number of para-hydroxylation sites is 2. The lowest BCUT2D eigenvalue weighted by molar-refractivity contribution is -0.113. The number of halogens is 1. The highest BCUT2D eigenvalue weighted by Crippen LogP contribution is 2.39. The third kappa shape index (κ3) is 4.47. The average molecular weight is 545 g/mol. The predicted molar refractivity (Wildman–Crippen MR) is 144 cm³/mol. The van der Waals surface area contributed by atoms with Crippen molar-refractivity contribution in [2.45, 2.75) is 13.0 Å². The van der Waals surface area contributed by atoms with E-state index in [1.807, 2.05) is 90.5 Å². The summed E-state index contributed by atoms with van der Waals surface area (Å²) in [7, 11) is 3.22. The Bertz CT molecular complexity index is 1440. The van der Waals surface area contributed by atoms with Crippen molar-refractivity contribution in [1.29, 1.82) is 0 Å². The number of rotatable bonds is 6. The van der Waals surface area contributed by atoms with Crippen LogP contribution in [0.4, 0.5) is 11.5 Å². The number of nitrogens with zero attached hydrogens (tertiary/aromatic N) is 2. The van der Waals surface area contributed by atoms with Gasteiger partial charge in [0.1, 0.15) is 23.4 Å². The maximum absolute atomic E-state index is 13.7. The van der Waals surface area contributed by atoms with Crippen molar-refractivity contribution >= 4 is 33.3 Å². The molecule has 5 rings (SSSR count). The van der Waals surface area contributed by atoms with Crippen LogP contribution in [0.5, 0.6) is 11.5 Å². The Morgan fingerprint density at radius 2 is 1.72 bits per heavy atom. The lowest BCUT2D eigenvalue weighted by atomic mass is 9.95. The topological polar surface area (TPSA) is 77.4 Å². The fraction of sp³-hybridized carbons (Fsp3) is 0.143. The van der Waals surface area contributed by atoms with Crippen molar-refractivity contribution in [3.8, 4) is 22.8 Å². The fourth-order valence-electron chi connectivity index (χ4n) is 4.36. The van der Waals surface area contributed by atoms with Crippen molar-refractivity contribution < 1.29 is 14.3 Å². The molecule has 0 spiro atoms. The molecule has 1 aromatic heterocycles. The van der Waals surface area contributed by atoms with Crippen LogP contribution in [-0.4, -0.2) is 29.9 Å². The second-order valence-corrected chi connectivity index (χ2v) is 9.28. The number of hydrogen-bond acceptors (Lipinski definition) is 5. The molecule has 3 aromatic carbocycles. The summed E-state index contributed by atoms with van der Waals surface area (Å²) < 4.78 is 13.5. The van der Waals surface area contributed by atoms with Gasteiger partial charge in [-0.15, -0.1) is 0 Å². The molecule has 0 aliphatic carbocycles. The average Bonchev–Trinajstić information content (AvgIpc) is 3.32. The first kappa shape index (κ1) is 23.7. The van der Waals surface area contributed by atoms with E-state index < -0.39 is 6.04 Å². The van der Waals surface area contributed by atoms with E-state index in [4.69, 9.17) is 14.6 Å². The molecule has 0 saturated carbocycles. The van der Waals surface area contributed by atoms with Crippen LogP contribution in [0, 0.1) is 0 Å². The molecular weight excluding hydrogens is 520 g/mol. The Morgan fingerprint density at radius 1 is 1.00 bits per heavy atom. The lowest BCUT2D eigenvalue weighted by Gasteiger charge is -2.30. The Morgan fingerprint density at radius 3 is 2.42 bits per heavy atom. The van der Waals surface area contributed by atoms with Crippen molar-refractivity contribution in [2.75, 3.05) is 24.9 Å². The first-order chi connectivity index (χ1) is 17.5. The molecule has 0 bridgehead atoms. The molecular formula is C28H25BrN4O3. The van der Waals surface area contributed by atoms with Gasteiger partial charge in [0, 0.05) is 21.8 Å². The molecule has 1 aliphatic rings. The van der Waals surface area contributed by atoms with Crippen molar-refractivity contribution in [3.05, 3.63) is 100 Å². The van der Waals surface area contributed by atoms with Crippen molar-refractivity contribution in [2.24, 2.45) is 0 Å². The van der Waals surface area contributed by atoms with Crippen LogP contribution in [0.3, 0.4) is 0 Å². The van der Waals surface area contributed by atoms with Gasteiger partial charge in [-0.25, -0.2) is 4.68 Å². The Labute approximate surface area is 217 Å². The minimum Gasteiger partial charge on any atom is -0.497 e. The normalized spacial score (nSPS) is 14.6. The monoisotopic (exact) mass is 544 g/mol. The van der Waals surface area contributed by atoms with E-state index in [1.54, 1.807) is 14.2 Å². The van der Waals surface area contributed by atoms with Crippen LogP contribution in [0.15, 0.2) is 94.6 Å². The summed E-state index contributed by atoms with van der Waals surface area (Å²) in [6, 6.07) is 24.6. The molecule has 0 saturated heterocycles. The fourth-order valence-corrected chi connectivity index (χ4v) is 4.62. The zero-order valence-corrected chi connectivity index (χ0v) is 21.7. The zero-order valence-electron chi connectivity index (χ0n) is 20.1. The van der Waals surface area contributed by atoms with E-state index in [0.717, 1.165) is 38.6 Å². The van der Waals surface area contributed by atoms with E-state index in [2.05, 4.69) is 26.6 Å². The second-order valence-electron chi connectivity index (χ2n) is 8.36. The van der Waals surface area contributed by atoms with Gasteiger partial charge in [0.05, 0.1) is 31.2 Å². The van der Waals surface area contributed by atoms with Gasteiger partial charge >= 0.3 is 0 Å². The SMILES string of the molecule is COc1ccc(-c2cc3n(n2)C(c2ccc(Br)cc2)C(C(=O)Nc2ccccc2OC)=C(C)N3)cc1. The number of aromatic nitrogens is 2. The number of fused-ring (bicyclic) bond motifs is 1. The minimum atomic E-state index is -0.434. The summed E-state index contributed by atoms with van der Waals surface area (Å²) in [6.45, 7) is 1.91. The molecule has 1 atom stereocenters. The molecule has 2 heterocycles. The molecule has 36 heavy (non-hydrogen) atoms. The zero-order chi connectivity index (χ0) is 25.2. The van der Waals surface area contributed by atoms with Gasteiger partial charge in [-0.3, -0.25) is 4.79 Å². The molecule has 1 amide bonds. The molecule has 2 N–H and O–H groups in total. The largest absolute Gasteiger partial charge is 0.497 e. The lowest BCUT2D eigenvalue weighted by Crippen LogP contribution is -2.31. The van der Waals surface area contributed by atoms with E-state index in [1.165, 1.54) is 0 Å². The van der Waals surface area contributed by atoms with Crippen molar-refractivity contribution in [3.63, 3.8) is 0 Å². The number of methoxy groups -OCH3 is 2. The van der Waals surface area contributed by atoms with E-state index in [0.29, 0.717) is 17.0 Å². The van der Waals surface area contributed by atoms with Gasteiger partial charge < -0.3 is 20.1 Å². The van der Waals surface area contributed by atoms with Gasteiger partial charge in [0.15, 0.2) is 0 Å². The van der Waals surface area contributed by atoms with Crippen LogP contribution < -0.4 is 20.1 Å². The molecule has 0 radical (unpaired) electrons. The summed E-state index contributed by atoms with van der Waals surface area (Å²) in [6.07, 6.45) is 0. The third-order valence-corrected chi connectivity index (χ3v) is 6.67. The molecule has 0 fully saturated rings. The van der Waals surface area contributed by atoms with Crippen LogP contribution in [0.25, 0.3) is 11.3 Å². The Kier molecular flexibility index (Phi) is 6.52. The van der Waals surface area contributed by atoms with Gasteiger partial charge in [0.2, 0.25) is 0 Å². The van der Waals surface area contributed by atoms with E-state index >= 15 is 0 Å².